The second kappa shape index (κ2) is 6.59. The summed E-state index contributed by atoms with van der Waals surface area (Å²) in [6.07, 6.45) is 0. The van der Waals surface area contributed by atoms with Gasteiger partial charge in [0.25, 0.3) is 0 Å². The zero-order valence-electron chi connectivity index (χ0n) is 9.19. The van der Waals surface area contributed by atoms with Crippen LogP contribution in [0.25, 0.3) is 0 Å². The molecule has 84 valence electrons. The van der Waals surface area contributed by atoms with Crippen molar-refractivity contribution < 1.29 is 9.53 Å². The van der Waals surface area contributed by atoms with Gasteiger partial charge in [0.1, 0.15) is 0 Å². The summed E-state index contributed by atoms with van der Waals surface area (Å²) in [5.41, 5.74) is 1.51. The fourth-order valence-corrected chi connectivity index (χ4v) is 1.29. The molecule has 1 N–H and O–H groups in total. The lowest BCUT2D eigenvalue weighted by Crippen LogP contribution is -2.24. The molecule has 0 saturated heterocycles. The topological polar surface area (TPSA) is 62.1 Å². The minimum Gasteiger partial charge on any atom is -0.465 e. The number of hydrogen-bond donors (Lipinski definition) is 1. The number of rotatable bonds is 5. The summed E-state index contributed by atoms with van der Waals surface area (Å²) in [6.45, 7) is 2.80. The van der Waals surface area contributed by atoms with Gasteiger partial charge in [-0.05, 0) is 18.6 Å². The van der Waals surface area contributed by atoms with Gasteiger partial charge in [-0.2, -0.15) is 5.26 Å². The largest absolute Gasteiger partial charge is 0.465 e. The molecule has 0 aliphatic rings. The molecular weight excluding hydrogens is 204 g/mol. The number of nitrogens with zero attached hydrogens (tertiary/aromatic N) is 1. The van der Waals surface area contributed by atoms with E-state index in [1.54, 1.807) is 13.0 Å². The second-order valence-electron chi connectivity index (χ2n) is 3.18. The Morgan fingerprint density at radius 2 is 2.25 bits per heavy atom. The summed E-state index contributed by atoms with van der Waals surface area (Å²) < 4.78 is 4.77. The molecule has 4 nitrogen and oxygen atoms in total. The van der Waals surface area contributed by atoms with E-state index >= 15 is 0 Å². The summed E-state index contributed by atoms with van der Waals surface area (Å²) in [5, 5.41) is 11.8. The molecule has 0 heterocycles. The van der Waals surface area contributed by atoms with Crippen LogP contribution >= 0.6 is 0 Å². The highest BCUT2D eigenvalue weighted by molar-refractivity contribution is 5.71. The third-order valence-electron chi connectivity index (χ3n) is 2.03. The molecule has 0 amide bonds. The average Bonchev–Trinajstić information content (AvgIpc) is 2.30. The molecule has 16 heavy (non-hydrogen) atoms. The third-order valence-corrected chi connectivity index (χ3v) is 2.03. The molecule has 0 bridgehead atoms. The van der Waals surface area contributed by atoms with E-state index in [-0.39, 0.29) is 12.5 Å². The highest BCUT2D eigenvalue weighted by Crippen LogP contribution is 2.06. The van der Waals surface area contributed by atoms with E-state index in [1.807, 2.05) is 18.2 Å². The van der Waals surface area contributed by atoms with Gasteiger partial charge >= 0.3 is 5.97 Å². The number of carbonyl (C=O) groups excluding carboxylic acids is 1. The number of hydrogen-bond acceptors (Lipinski definition) is 4. The maximum atomic E-state index is 11.0. The van der Waals surface area contributed by atoms with E-state index in [2.05, 4.69) is 11.4 Å². The maximum absolute atomic E-state index is 11.0. The Balaban J connectivity index is 2.43. The molecule has 1 rings (SSSR count). The lowest BCUT2D eigenvalue weighted by atomic mass is 10.1. The standard InChI is InChI=1S/C12H14N2O2/c1-2-16-12(15)9-14-8-11-6-4-3-5-10(11)7-13/h3-6,14H,2,8-9H2,1H3. The summed E-state index contributed by atoms with van der Waals surface area (Å²) in [4.78, 5) is 11.0. The van der Waals surface area contributed by atoms with Crippen LogP contribution < -0.4 is 5.32 Å². The van der Waals surface area contributed by atoms with Gasteiger partial charge in [-0.25, -0.2) is 0 Å². The maximum Gasteiger partial charge on any atom is 0.319 e. The SMILES string of the molecule is CCOC(=O)CNCc1ccccc1C#N. The number of ether oxygens (including phenoxy) is 1. The van der Waals surface area contributed by atoms with Crippen molar-refractivity contribution in [2.75, 3.05) is 13.2 Å². The zero-order chi connectivity index (χ0) is 11.8. The van der Waals surface area contributed by atoms with Gasteiger partial charge in [-0.1, -0.05) is 18.2 Å². The van der Waals surface area contributed by atoms with Gasteiger partial charge in [-0.3, -0.25) is 4.79 Å². The van der Waals surface area contributed by atoms with Crippen molar-refractivity contribution >= 4 is 5.97 Å². The zero-order valence-corrected chi connectivity index (χ0v) is 9.19. The van der Waals surface area contributed by atoms with E-state index in [1.165, 1.54) is 0 Å². The Labute approximate surface area is 94.8 Å². The molecule has 0 unspecified atom stereocenters. The molecule has 4 heteroatoms. The third kappa shape index (κ3) is 3.71. The van der Waals surface area contributed by atoms with Crippen LogP contribution in [0.2, 0.25) is 0 Å². The minimum absolute atomic E-state index is 0.160. The van der Waals surface area contributed by atoms with E-state index < -0.39 is 0 Å². The van der Waals surface area contributed by atoms with Crippen LogP contribution in [0.15, 0.2) is 24.3 Å². The lowest BCUT2D eigenvalue weighted by Gasteiger charge is -2.05. The Kier molecular flexibility index (Phi) is 5.03. The smallest absolute Gasteiger partial charge is 0.319 e. The minimum atomic E-state index is -0.281. The quantitative estimate of drug-likeness (QED) is 0.754. The number of nitriles is 1. The lowest BCUT2D eigenvalue weighted by molar-refractivity contribution is -0.142. The van der Waals surface area contributed by atoms with E-state index in [9.17, 15) is 4.79 Å². The predicted octanol–water partition coefficient (Wildman–Crippen LogP) is 1.21. The van der Waals surface area contributed by atoms with Crippen molar-refractivity contribution in [3.05, 3.63) is 35.4 Å². The van der Waals surface area contributed by atoms with Crippen molar-refractivity contribution in [1.29, 1.82) is 5.26 Å². The summed E-state index contributed by atoms with van der Waals surface area (Å²) in [5.74, 6) is -0.281. The highest BCUT2D eigenvalue weighted by Gasteiger charge is 2.03. The highest BCUT2D eigenvalue weighted by atomic mass is 16.5. The van der Waals surface area contributed by atoms with Crippen molar-refractivity contribution in [1.82, 2.24) is 5.32 Å². The van der Waals surface area contributed by atoms with Crippen LogP contribution in [0.3, 0.4) is 0 Å². The molecule has 1 aromatic carbocycles. The van der Waals surface area contributed by atoms with Crippen LogP contribution in [-0.4, -0.2) is 19.1 Å². The van der Waals surface area contributed by atoms with Crippen LogP contribution in [-0.2, 0) is 16.1 Å². The number of benzene rings is 1. The van der Waals surface area contributed by atoms with Gasteiger partial charge in [0.05, 0.1) is 24.8 Å². The predicted molar refractivity (Wildman–Crippen MR) is 59.5 cm³/mol. The summed E-state index contributed by atoms with van der Waals surface area (Å²) >= 11 is 0. The molecule has 0 saturated carbocycles. The van der Waals surface area contributed by atoms with Crippen molar-refractivity contribution in [3.63, 3.8) is 0 Å². The molecule has 0 aliphatic carbocycles. The molecule has 1 aromatic rings. The van der Waals surface area contributed by atoms with E-state index in [0.717, 1.165) is 5.56 Å². The normalized spacial score (nSPS) is 9.50. The molecule has 0 radical (unpaired) electrons. The van der Waals surface area contributed by atoms with Crippen LogP contribution in [0, 0.1) is 11.3 Å². The first-order valence-corrected chi connectivity index (χ1v) is 5.12. The van der Waals surface area contributed by atoms with E-state index in [4.69, 9.17) is 10.00 Å². The van der Waals surface area contributed by atoms with Gasteiger partial charge in [0, 0.05) is 6.54 Å². The van der Waals surface area contributed by atoms with Crippen molar-refractivity contribution in [2.24, 2.45) is 0 Å². The van der Waals surface area contributed by atoms with Gasteiger partial charge in [0.15, 0.2) is 0 Å². The average molecular weight is 218 g/mol. The Morgan fingerprint density at radius 3 is 2.94 bits per heavy atom. The second-order valence-corrected chi connectivity index (χ2v) is 3.18. The van der Waals surface area contributed by atoms with Gasteiger partial charge in [-0.15, -0.1) is 0 Å². The van der Waals surface area contributed by atoms with Crippen molar-refractivity contribution in [3.8, 4) is 6.07 Å². The molecule has 0 spiro atoms. The van der Waals surface area contributed by atoms with Crippen LogP contribution in [0.1, 0.15) is 18.1 Å². The number of nitrogens with one attached hydrogen (secondary N) is 1. The molecule has 0 fully saturated rings. The van der Waals surface area contributed by atoms with Crippen LogP contribution in [0.5, 0.6) is 0 Å². The Bertz CT molecular complexity index is 396. The summed E-state index contributed by atoms with van der Waals surface area (Å²) in [6, 6.07) is 9.39. The van der Waals surface area contributed by atoms with Crippen LogP contribution in [0.4, 0.5) is 0 Å². The Morgan fingerprint density at radius 1 is 1.50 bits per heavy atom. The fourth-order valence-electron chi connectivity index (χ4n) is 1.29. The molecular formula is C12H14N2O2. The number of esters is 1. The Hall–Kier alpha value is -1.86. The first-order valence-electron chi connectivity index (χ1n) is 5.12. The number of carbonyl (C=O) groups is 1. The molecule has 0 aromatic heterocycles. The van der Waals surface area contributed by atoms with E-state index in [0.29, 0.717) is 18.7 Å². The van der Waals surface area contributed by atoms with Crippen molar-refractivity contribution in [2.45, 2.75) is 13.5 Å². The first-order chi connectivity index (χ1) is 7.77. The summed E-state index contributed by atoms with van der Waals surface area (Å²) in [7, 11) is 0. The van der Waals surface area contributed by atoms with Gasteiger partial charge in [0.2, 0.25) is 0 Å². The monoisotopic (exact) mass is 218 g/mol. The fraction of sp³-hybridized carbons (Fsp3) is 0.333. The first kappa shape index (κ1) is 12.2. The molecule has 0 aliphatic heterocycles. The van der Waals surface area contributed by atoms with Gasteiger partial charge < -0.3 is 10.1 Å². The molecule has 0 atom stereocenters.